The zero-order chi connectivity index (χ0) is 15.6. The standard InChI is InChI=1S/C15H31N3O3.CH4/c1-16-7-9-18(12-14(19)13-18)10-8-17-15(20)6-4-3-5-11-21-2;/h14,16,19H,3-13H2,1-2H3;1H4/p+1. The summed E-state index contributed by atoms with van der Waals surface area (Å²) in [4.78, 5) is 11.7. The molecule has 1 rings (SSSR count). The van der Waals surface area contributed by atoms with Crippen molar-refractivity contribution in [3.05, 3.63) is 0 Å². The highest BCUT2D eigenvalue weighted by Crippen LogP contribution is 2.19. The molecule has 0 aromatic carbocycles. The monoisotopic (exact) mass is 318 g/mol. The molecule has 0 spiro atoms. The van der Waals surface area contributed by atoms with Crippen LogP contribution in [0.25, 0.3) is 0 Å². The molecule has 1 amide bonds. The number of rotatable bonds is 12. The van der Waals surface area contributed by atoms with E-state index in [0.29, 0.717) is 13.0 Å². The number of quaternary nitrogens is 1. The molecule has 1 aliphatic rings. The third-order valence-corrected chi connectivity index (χ3v) is 4.19. The van der Waals surface area contributed by atoms with Crippen LogP contribution in [0.5, 0.6) is 0 Å². The van der Waals surface area contributed by atoms with E-state index < -0.39 is 0 Å². The first-order chi connectivity index (χ1) is 10.1. The van der Waals surface area contributed by atoms with Crippen LogP contribution in [-0.2, 0) is 9.53 Å². The normalized spacial score (nSPS) is 23.5. The minimum atomic E-state index is -0.168. The number of likely N-dealkylation sites (tertiary alicyclic amines) is 1. The predicted octanol–water partition coefficient (Wildman–Crippen LogP) is 0.356. The van der Waals surface area contributed by atoms with Crippen molar-refractivity contribution in [2.24, 2.45) is 0 Å². The number of ether oxygens (including phenoxy) is 1. The molecular weight excluding hydrogens is 282 g/mol. The van der Waals surface area contributed by atoms with Gasteiger partial charge in [0.15, 0.2) is 6.10 Å². The van der Waals surface area contributed by atoms with Crippen molar-refractivity contribution >= 4 is 5.91 Å². The number of aliphatic hydroxyl groups is 1. The Kier molecular flexibility index (Phi) is 11.5. The summed E-state index contributed by atoms with van der Waals surface area (Å²) in [7, 11) is 3.64. The van der Waals surface area contributed by atoms with Crippen LogP contribution in [0.15, 0.2) is 0 Å². The molecule has 22 heavy (non-hydrogen) atoms. The lowest BCUT2D eigenvalue weighted by atomic mass is 10.1. The van der Waals surface area contributed by atoms with Crippen molar-refractivity contribution in [1.29, 1.82) is 0 Å². The summed E-state index contributed by atoms with van der Waals surface area (Å²) in [5, 5.41) is 15.7. The Morgan fingerprint density at radius 1 is 1.23 bits per heavy atom. The van der Waals surface area contributed by atoms with Crippen molar-refractivity contribution in [2.45, 2.75) is 39.2 Å². The van der Waals surface area contributed by atoms with Crippen molar-refractivity contribution in [3.8, 4) is 0 Å². The van der Waals surface area contributed by atoms with E-state index in [0.717, 1.165) is 63.1 Å². The van der Waals surface area contributed by atoms with E-state index in [1.54, 1.807) is 7.11 Å². The zero-order valence-electron chi connectivity index (χ0n) is 13.6. The highest BCUT2D eigenvalue weighted by molar-refractivity contribution is 5.75. The number of unbranched alkanes of at least 4 members (excludes halogenated alkanes) is 2. The quantitative estimate of drug-likeness (QED) is 0.359. The summed E-state index contributed by atoms with van der Waals surface area (Å²) in [5.74, 6) is 0.139. The third kappa shape index (κ3) is 8.08. The van der Waals surface area contributed by atoms with Crippen LogP contribution < -0.4 is 10.6 Å². The highest BCUT2D eigenvalue weighted by Gasteiger charge is 2.41. The summed E-state index contributed by atoms with van der Waals surface area (Å²) in [6, 6.07) is 0. The first-order valence-corrected chi connectivity index (χ1v) is 8.05. The van der Waals surface area contributed by atoms with Crippen molar-refractivity contribution in [3.63, 3.8) is 0 Å². The average molecular weight is 318 g/mol. The lowest BCUT2D eigenvalue weighted by Crippen LogP contribution is -2.69. The van der Waals surface area contributed by atoms with Gasteiger partial charge in [-0.05, 0) is 19.9 Å². The summed E-state index contributed by atoms with van der Waals surface area (Å²) in [5.41, 5.74) is 0. The Hall–Kier alpha value is -0.690. The van der Waals surface area contributed by atoms with Gasteiger partial charge in [-0.15, -0.1) is 0 Å². The Morgan fingerprint density at radius 2 is 1.91 bits per heavy atom. The molecule has 6 nitrogen and oxygen atoms in total. The molecule has 0 aliphatic carbocycles. The van der Waals surface area contributed by atoms with Crippen molar-refractivity contribution in [2.75, 3.05) is 60.0 Å². The molecule has 0 unspecified atom stereocenters. The lowest BCUT2D eigenvalue weighted by molar-refractivity contribution is -0.970. The van der Waals surface area contributed by atoms with Crippen LogP contribution >= 0.6 is 0 Å². The molecular formula is C16H36N3O3+. The number of methoxy groups -OCH3 is 1. The van der Waals surface area contributed by atoms with Gasteiger partial charge in [0.05, 0.1) is 19.6 Å². The molecule has 1 saturated heterocycles. The van der Waals surface area contributed by atoms with E-state index in [1.165, 1.54) is 0 Å². The Morgan fingerprint density at radius 3 is 2.50 bits per heavy atom. The fraction of sp³-hybridized carbons (Fsp3) is 0.938. The smallest absolute Gasteiger partial charge is 0.220 e. The van der Waals surface area contributed by atoms with E-state index in [-0.39, 0.29) is 19.4 Å². The lowest BCUT2D eigenvalue weighted by Gasteiger charge is -2.48. The fourth-order valence-corrected chi connectivity index (χ4v) is 2.90. The van der Waals surface area contributed by atoms with E-state index in [1.807, 2.05) is 7.05 Å². The first-order valence-electron chi connectivity index (χ1n) is 8.05. The van der Waals surface area contributed by atoms with Gasteiger partial charge in [0.1, 0.15) is 13.1 Å². The number of carbonyl (C=O) groups excluding carboxylic acids is 1. The molecule has 0 atom stereocenters. The second-order valence-electron chi connectivity index (χ2n) is 6.06. The van der Waals surface area contributed by atoms with Gasteiger partial charge in [0.2, 0.25) is 5.91 Å². The molecule has 3 N–H and O–H groups in total. The minimum Gasteiger partial charge on any atom is -0.385 e. The summed E-state index contributed by atoms with van der Waals surface area (Å²) in [6.45, 7) is 5.97. The number of carbonyl (C=O) groups is 1. The summed E-state index contributed by atoms with van der Waals surface area (Å²) >= 11 is 0. The van der Waals surface area contributed by atoms with E-state index >= 15 is 0 Å². The van der Waals surface area contributed by atoms with Gasteiger partial charge in [-0.1, -0.05) is 13.8 Å². The molecule has 0 aromatic heterocycles. The number of hydrogen-bond acceptors (Lipinski definition) is 4. The van der Waals surface area contributed by atoms with Gasteiger partial charge in [0, 0.05) is 26.7 Å². The molecule has 132 valence electrons. The minimum absolute atomic E-state index is 0. The van der Waals surface area contributed by atoms with E-state index in [2.05, 4.69) is 10.6 Å². The van der Waals surface area contributed by atoms with Gasteiger partial charge in [-0.25, -0.2) is 0 Å². The maximum atomic E-state index is 11.7. The third-order valence-electron chi connectivity index (χ3n) is 4.19. The molecule has 1 fully saturated rings. The molecule has 0 saturated carbocycles. The fourth-order valence-electron chi connectivity index (χ4n) is 2.90. The van der Waals surface area contributed by atoms with Gasteiger partial charge >= 0.3 is 0 Å². The Balaban J connectivity index is 0.00000441. The maximum Gasteiger partial charge on any atom is 0.220 e. The maximum absolute atomic E-state index is 11.7. The second kappa shape index (κ2) is 11.8. The van der Waals surface area contributed by atoms with E-state index in [4.69, 9.17) is 4.74 Å². The van der Waals surface area contributed by atoms with Crippen molar-refractivity contribution in [1.82, 2.24) is 10.6 Å². The Labute approximate surface area is 135 Å². The summed E-state index contributed by atoms with van der Waals surface area (Å²) in [6.07, 6.45) is 3.41. The average Bonchev–Trinajstić information content (AvgIpc) is 2.43. The van der Waals surface area contributed by atoms with Gasteiger partial charge in [-0.2, -0.15) is 0 Å². The van der Waals surface area contributed by atoms with Gasteiger partial charge in [-0.3, -0.25) is 4.79 Å². The molecule has 6 heteroatoms. The molecule has 1 aliphatic heterocycles. The number of amides is 1. The first kappa shape index (κ1) is 21.3. The van der Waals surface area contributed by atoms with Crippen LogP contribution in [0.2, 0.25) is 0 Å². The Bertz CT molecular complexity index is 294. The molecule has 1 heterocycles. The van der Waals surface area contributed by atoms with Gasteiger partial charge < -0.3 is 25.0 Å². The summed E-state index contributed by atoms with van der Waals surface area (Å²) < 4.78 is 5.90. The topological polar surface area (TPSA) is 70.6 Å². The van der Waals surface area contributed by atoms with Crippen molar-refractivity contribution < 1.29 is 19.1 Å². The highest BCUT2D eigenvalue weighted by atomic mass is 16.5. The van der Waals surface area contributed by atoms with Gasteiger partial charge in [0.25, 0.3) is 0 Å². The number of nitrogens with one attached hydrogen (secondary N) is 2. The van der Waals surface area contributed by atoms with Crippen LogP contribution in [0.1, 0.15) is 33.1 Å². The number of hydrogen-bond donors (Lipinski definition) is 3. The second-order valence-corrected chi connectivity index (χ2v) is 6.06. The van der Waals surface area contributed by atoms with Crippen LogP contribution in [0.3, 0.4) is 0 Å². The zero-order valence-corrected chi connectivity index (χ0v) is 13.6. The largest absolute Gasteiger partial charge is 0.385 e. The molecule has 0 bridgehead atoms. The number of likely N-dealkylation sites (N-methyl/N-ethyl adjacent to an activating group) is 1. The molecule has 0 aromatic rings. The van der Waals surface area contributed by atoms with Crippen LogP contribution in [0, 0.1) is 0 Å². The van der Waals surface area contributed by atoms with E-state index in [9.17, 15) is 9.90 Å². The SMILES string of the molecule is C.CNCC[N+]1(CCNC(=O)CCCCCOC)CC(O)C1. The van der Waals surface area contributed by atoms with Crippen LogP contribution in [0.4, 0.5) is 0 Å². The number of aliphatic hydroxyl groups excluding tert-OH is 1. The molecule has 0 radical (unpaired) electrons. The van der Waals surface area contributed by atoms with Crippen LogP contribution in [-0.4, -0.2) is 81.6 Å². The number of nitrogens with zero attached hydrogens (tertiary/aromatic N) is 1. The predicted molar refractivity (Wildman–Crippen MR) is 89.7 cm³/mol.